The van der Waals surface area contributed by atoms with Gasteiger partial charge in [-0.1, -0.05) is 12.2 Å². The molecule has 20 heavy (non-hydrogen) atoms. The number of nitrogens with one attached hydrogen (secondary N) is 1. The highest BCUT2D eigenvalue weighted by atomic mass is 16.6. The maximum atomic E-state index is 11.9. The monoisotopic (exact) mass is 280 g/mol. The first-order chi connectivity index (χ1) is 9.37. The van der Waals surface area contributed by atoms with E-state index in [-0.39, 0.29) is 12.1 Å². The van der Waals surface area contributed by atoms with E-state index in [0.717, 1.165) is 32.4 Å². The Hall–Kier alpha value is -1.29. The van der Waals surface area contributed by atoms with Crippen LogP contribution in [0.5, 0.6) is 0 Å². The van der Waals surface area contributed by atoms with Crippen molar-refractivity contribution >= 4 is 6.09 Å². The molecular weight excluding hydrogens is 252 g/mol. The summed E-state index contributed by atoms with van der Waals surface area (Å²) in [5, 5.41) is 3.01. The molecule has 114 valence electrons. The van der Waals surface area contributed by atoms with Crippen LogP contribution in [0.4, 0.5) is 4.79 Å². The van der Waals surface area contributed by atoms with Crippen LogP contribution in [-0.2, 0) is 4.74 Å². The molecule has 0 aromatic rings. The molecule has 0 heterocycles. The Morgan fingerprint density at radius 3 is 2.40 bits per heavy atom. The summed E-state index contributed by atoms with van der Waals surface area (Å²) in [5.41, 5.74) is -0.458. The first-order valence-electron chi connectivity index (χ1n) is 7.32. The molecule has 1 rings (SSSR count). The van der Waals surface area contributed by atoms with Crippen LogP contribution < -0.4 is 5.32 Å². The number of ether oxygens (including phenoxy) is 1. The fourth-order valence-electron chi connectivity index (χ4n) is 2.68. The summed E-state index contributed by atoms with van der Waals surface area (Å²) in [4.78, 5) is 14.2. The molecule has 2 atom stereocenters. The summed E-state index contributed by atoms with van der Waals surface area (Å²) >= 11 is 0. The van der Waals surface area contributed by atoms with Crippen LogP contribution in [0.25, 0.3) is 0 Å². The lowest BCUT2D eigenvalue weighted by Crippen LogP contribution is -2.49. The number of nitrogens with zero attached hydrogens (tertiary/aromatic N) is 1. The van der Waals surface area contributed by atoms with Crippen molar-refractivity contribution in [3.05, 3.63) is 25.3 Å². The minimum Gasteiger partial charge on any atom is -0.444 e. The molecule has 0 aromatic heterocycles. The van der Waals surface area contributed by atoms with Gasteiger partial charge in [-0.05, 0) is 40.0 Å². The van der Waals surface area contributed by atoms with Crippen molar-refractivity contribution in [2.45, 2.75) is 57.7 Å². The third-order valence-corrected chi connectivity index (χ3v) is 3.38. The maximum absolute atomic E-state index is 11.9. The van der Waals surface area contributed by atoms with Crippen molar-refractivity contribution in [2.75, 3.05) is 13.1 Å². The molecule has 0 unspecified atom stereocenters. The van der Waals surface area contributed by atoms with Gasteiger partial charge < -0.3 is 10.1 Å². The molecule has 0 bridgehead atoms. The van der Waals surface area contributed by atoms with Crippen LogP contribution in [0.2, 0.25) is 0 Å². The van der Waals surface area contributed by atoms with Gasteiger partial charge in [-0.15, -0.1) is 13.2 Å². The second-order valence-corrected chi connectivity index (χ2v) is 6.28. The predicted molar refractivity (Wildman–Crippen MR) is 82.8 cm³/mol. The lowest BCUT2D eigenvalue weighted by Gasteiger charge is -2.32. The Bertz CT molecular complexity index is 337. The van der Waals surface area contributed by atoms with Gasteiger partial charge >= 0.3 is 6.09 Å². The molecule has 1 aliphatic carbocycles. The average molecular weight is 280 g/mol. The smallest absolute Gasteiger partial charge is 0.407 e. The molecule has 1 saturated carbocycles. The van der Waals surface area contributed by atoms with Crippen LogP contribution >= 0.6 is 0 Å². The van der Waals surface area contributed by atoms with Crippen LogP contribution in [0.15, 0.2) is 25.3 Å². The van der Waals surface area contributed by atoms with E-state index in [1.165, 1.54) is 0 Å². The molecular formula is C16H28N2O2. The fraction of sp³-hybridized carbons (Fsp3) is 0.688. The zero-order valence-corrected chi connectivity index (χ0v) is 13.0. The van der Waals surface area contributed by atoms with E-state index >= 15 is 0 Å². The Morgan fingerprint density at radius 2 is 1.90 bits per heavy atom. The largest absolute Gasteiger partial charge is 0.444 e. The van der Waals surface area contributed by atoms with Gasteiger partial charge in [0, 0.05) is 25.2 Å². The van der Waals surface area contributed by atoms with Crippen LogP contribution in [-0.4, -0.2) is 41.8 Å². The first kappa shape index (κ1) is 16.8. The van der Waals surface area contributed by atoms with Gasteiger partial charge in [-0.25, -0.2) is 4.79 Å². The van der Waals surface area contributed by atoms with Gasteiger partial charge in [-0.3, -0.25) is 4.90 Å². The summed E-state index contributed by atoms with van der Waals surface area (Å²) in [7, 11) is 0. The molecule has 4 heteroatoms. The van der Waals surface area contributed by atoms with Crippen molar-refractivity contribution in [3.63, 3.8) is 0 Å². The molecule has 1 amide bonds. The van der Waals surface area contributed by atoms with Crippen molar-refractivity contribution in [3.8, 4) is 0 Å². The van der Waals surface area contributed by atoms with Crippen molar-refractivity contribution in [1.82, 2.24) is 10.2 Å². The molecule has 0 saturated heterocycles. The minimum absolute atomic E-state index is 0.143. The van der Waals surface area contributed by atoms with Gasteiger partial charge in [0.15, 0.2) is 0 Å². The first-order valence-corrected chi connectivity index (χ1v) is 7.32. The van der Waals surface area contributed by atoms with E-state index in [2.05, 4.69) is 23.4 Å². The fourth-order valence-corrected chi connectivity index (χ4v) is 2.68. The lowest BCUT2D eigenvalue weighted by atomic mass is 10.1. The Kier molecular flexibility index (Phi) is 6.27. The molecule has 1 fully saturated rings. The van der Waals surface area contributed by atoms with E-state index in [1.807, 2.05) is 32.9 Å². The van der Waals surface area contributed by atoms with E-state index < -0.39 is 5.60 Å². The zero-order chi connectivity index (χ0) is 15.2. The van der Waals surface area contributed by atoms with Crippen LogP contribution in [0.1, 0.15) is 40.0 Å². The quantitative estimate of drug-likeness (QED) is 0.760. The average Bonchev–Trinajstić information content (AvgIpc) is 2.74. The molecule has 0 spiro atoms. The zero-order valence-electron chi connectivity index (χ0n) is 13.0. The molecule has 1 aliphatic rings. The molecule has 0 aliphatic heterocycles. The molecule has 0 aromatic carbocycles. The standard InChI is InChI=1S/C16H28N2O2/c1-6-11-18(12-7-2)14-10-8-9-13(14)17-15(19)20-16(3,4)5/h6-7,13-14H,1-2,8-12H2,3-5H3,(H,17,19)/t13-,14-/m0/s1. The number of hydrogen-bond acceptors (Lipinski definition) is 3. The summed E-state index contributed by atoms with van der Waals surface area (Å²) in [6, 6.07) is 0.475. The number of carbonyl (C=O) groups excluding carboxylic acids is 1. The van der Waals surface area contributed by atoms with Gasteiger partial charge in [0.05, 0.1) is 0 Å². The lowest BCUT2D eigenvalue weighted by molar-refractivity contribution is 0.0479. The van der Waals surface area contributed by atoms with E-state index in [9.17, 15) is 4.79 Å². The Morgan fingerprint density at radius 1 is 1.30 bits per heavy atom. The van der Waals surface area contributed by atoms with E-state index in [1.54, 1.807) is 0 Å². The summed E-state index contributed by atoms with van der Waals surface area (Å²) in [5.74, 6) is 0. The molecule has 1 N–H and O–H groups in total. The van der Waals surface area contributed by atoms with Crippen LogP contribution in [0, 0.1) is 0 Å². The van der Waals surface area contributed by atoms with Crippen molar-refractivity contribution < 1.29 is 9.53 Å². The highest BCUT2D eigenvalue weighted by Gasteiger charge is 2.33. The maximum Gasteiger partial charge on any atom is 0.407 e. The van der Waals surface area contributed by atoms with Crippen molar-refractivity contribution in [1.29, 1.82) is 0 Å². The third-order valence-electron chi connectivity index (χ3n) is 3.38. The second kappa shape index (κ2) is 7.48. The SMILES string of the molecule is C=CCN(CC=C)[C@H]1CCC[C@@H]1NC(=O)OC(C)(C)C. The highest BCUT2D eigenvalue weighted by Crippen LogP contribution is 2.24. The van der Waals surface area contributed by atoms with E-state index in [0.29, 0.717) is 6.04 Å². The number of carbonyl (C=O) groups is 1. The molecule has 0 radical (unpaired) electrons. The van der Waals surface area contributed by atoms with Crippen molar-refractivity contribution in [2.24, 2.45) is 0 Å². The van der Waals surface area contributed by atoms with Gasteiger partial charge in [0.1, 0.15) is 5.60 Å². The number of amides is 1. The van der Waals surface area contributed by atoms with Gasteiger partial charge in [0.25, 0.3) is 0 Å². The topological polar surface area (TPSA) is 41.6 Å². The number of hydrogen-bond donors (Lipinski definition) is 1. The third kappa shape index (κ3) is 5.37. The normalized spacial score (nSPS) is 22.6. The molecule has 4 nitrogen and oxygen atoms in total. The van der Waals surface area contributed by atoms with Crippen LogP contribution in [0.3, 0.4) is 0 Å². The summed E-state index contributed by atoms with van der Waals surface area (Å²) in [6.07, 6.45) is 6.66. The Labute approximate surface area is 122 Å². The minimum atomic E-state index is -0.458. The summed E-state index contributed by atoms with van der Waals surface area (Å²) < 4.78 is 5.34. The summed E-state index contributed by atoms with van der Waals surface area (Å²) in [6.45, 7) is 14.8. The van der Waals surface area contributed by atoms with Gasteiger partial charge in [-0.2, -0.15) is 0 Å². The van der Waals surface area contributed by atoms with E-state index in [4.69, 9.17) is 4.74 Å². The highest BCUT2D eigenvalue weighted by molar-refractivity contribution is 5.68. The number of rotatable bonds is 6. The predicted octanol–water partition coefficient (Wildman–Crippen LogP) is 3.11. The number of alkyl carbamates (subject to hydrolysis) is 1. The Balaban J connectivity index is 2.61. The second-order valence-electron chi connectivity index (χ2n) is 6.28. The van der Waals surface area contributed by atoms with Gasteiger partial charge in [0.2, 0.25) is 0 Å².